The van der Waals surface area contributed by atoms with Crippen LogP contribution >= 0.6 is 0 Å². The average molecular weight is 453 g/mol. The summed E-state index contributed by atoms with van der Waals surface area (Å²) in [6.07, 6.45) is 1.96. The summed E-state index contributed by atoms with van der Waals surface area (Å²) in [5.41, 5.74) is 3.96. The number of rotatable bonds is 6. The Morgan fingerprint density at radius 3 is 2.42 bits per heavy atom. The van der Waals surface area contributed by atoms with Gasteiger partial charge in [-0.15, -0.1) is 0 Å². The number of hydrazine groups is 2. The van der Waals surface area contributed by atoms with Gasteiger partial charge in [0.15, 0.2) is 0 Å². The first-order valence-corrected chi connectivity index (χ1v) is 10.6. The number of carbonyl (C=O) groups excluding carboxylic acids is 1. The SMILES string of the molecule is COc1cccc(N(N)C(=O)N(C)N)c1COc1ccc(-n2ccc(C(C)(C)C)n2)cc1C. The molecule has 0 radical (unpaired) electrons. The summed E-state index contributed by atoms with van der Waals surface area (Å²) in [6.45, 7) is 8.52. The Labute approximate surface area is 194 Å². The third kappa shape index (κ3) is 5.27. The number of hydrogen-bond acceptors (Lipinski definition) is 6. The second-order valence-corrected chi connectivity index (χ2v) is 8.86. The van der Waals surface area contributed by atoms with Crippen LogP contribution < -0.4 is 26.2 Å². The first-order valence-electron chi connectivity index (χ1n) is 10.6. The molecule has 0 spiro atoms. The maximum Gasteiger partial charge on any atom is 0.352 e. The van der Waals surface area contributed by atoms with Crippen LogP contribution in [0.3, 0.4) is 0 Å². The van der Waals surface area contributed by atoms with E-state index >= 15 is 0 Å². The lowest BCUT2D eigenvalue weighted by Crippen LogP contribution is -2.49. The molecule has 2 aromatic carbocycles. The Morgan fingerprint density at radius 1 is 1.12 bits per heavy atom. The van der Waals surface area contributed by atoms with E-state index < -0.39 is 6.03 Å². The maximum atomic E-state index is 12.3. The zero-order valence-corrected chi connectivity index (χ0v) is 20.0. The van der Waals surface area contributed by atoms with Crippen molar-refractivity contribution in [3.63, 3.8) is 0 Å². The Bertz CT molecular complexity index is 1130. The molecule has 0 aliphatic rings. The van der Waals surface area contributed by atoms with Gasteiger partial charge in [0.1, 0.15) is 18.1 Å². The molecule has 9 heteroatoms. The van der Waals surface area contributed by atoms with Crippen molar-refractivity contribution in [3.05, 3.63) is 65.5 Å². The number of urea groups is 1. The first kappa shape index (κ1) is 24.1. The van der Waals surface area contributed by atoms with Crippen LogP contribution in [-0.4, -0.2) is 35.0 Å². The van der Waals surface area contributed by atoms with Crippen LogP contribution in [0.5, 0.6) is 11.5 Å². The van der Waals surface area contributed by atoms with E-state index in [-0.39, 0.29) is 12.0 Å². The van der Waals surface area contributed by atoms with E-state index in [4.69, 9.17) is 26.3 Å². The summed E-state index contributed by atoms with van der Waals surface area (Å²) in [4.78, 5) is 12.3. The van der Waals surface area contributed by atoms with Gasteiger partial charge in [-0.05, 0) is 48.9 Å². The van der Waals surface area contributed by atoms with E-state index in [0.717, 1.165) is 27.0 Å². The minimum atomic E-state index is -0.570. The number of aromatic nitrogens is 2. The third-order valence-electron chi connectivity index (χ3n) is 5.25. The van der Waals surface area contributed by atoms with Gasteiger partial charge in [-0.1, -0.05) is 26.8 Å². The quantitative estimate of drug-likeness (QED) is 0.335. The molecule has 0 unspecified atom stereocenters. The molecule has 0 atom stereocenters. The van der Waals surface area contributed by atoms with Crippen LogP contribution in [-0.2, 0) is 12.0 Å². The number of ether oxygens (including phenoxy) is 2. The number of amides is 2. The van der Waals surface area contributed by atoms with E-state index in [1.807, 2.05) is 42.1 Å². The highest BCUT2D eigenvalue weighted by Gasteiger charge is 2.21. The fraction of sp³-hybridized carbons (Fsp3) is 0.333. The monoisotopic (exact) mass is 452 g/mol. The average Bonchev–Trinajstić information content (AvgIpc) is 3.28. The predicted octanol–water partition coefficient (Wildman–Crippen LogP) is 3.67. The van der Waals surface area contributed by atoms with Crippen LogP contribution in [0.2, 0.25) is 0 Å². The van der Waals surface area contributed by atoms with Gasteiger partial charge < -0.3 is 9.47 Å². The van der Waals surface area contributed by atoms with Crippen molar-refractivity contribution < 1.29 is 14.3 Å². The highest BCUT2D eigenvalue weighted by atomic mass is 16.5. The van der Waals surface area contributed by atoms with E-state index in [1.165, 1.54) is 7.05 Å². The third-order valence-corrected chi connectivity index (χ3v) is 5.25. The van der Waals surface area contributed by atoms with E-state index in [0.29, 0.717) is 22.7 Å². The zero-order chi connectivity index (χ0) is 24.3. The molecule has 3 rings (SSSR count). The second-order valence-electron chi connectivity index (χ2n) is 8.86. The van der Waals surface area contributed by atoms with Crippen molar-refractivity contribution in [2.24, 2.45) is 11.7 Å². The molecule has 0 saturated carbocycles. The van der Waals surface area contributed by atoms with Crippen molar-refractivity contribution in [2.75, 3.05) is 19.2 Å². The largest absolute Gasteiger partial charge is 0.496 e. The van der Waals surface area contributed by atoms with Gasteiger partial charge in [0.25, 0.3) is 0 Å². The Morgan fingerprint density at radius 2 is 1.85 bits per heavy atom. The number of methoxy groups -OCH3 is 1. The van der Waals surface area contributed by atoms with Crippen LogP contribution in [0.4, 0.5) is 10.5 Å². The number of carbonyl (C=O) groups is 1. The molecular weight excluding hydrogens is 420 g/mol. The smallest absolute Gasteiger partial charge is 0.352 e. The number of nitrogens with two attached hydrogens (primary N) is 2. The topological polar surface area (TPSA) is 112 Å². The van der Waals surface area contributed by atoms with Gasteiger partial charge in [-0.25, -0.2) is 26.2 Å². The molecule has 2 amide bonds. The number of hydrogen-bond donors (Lipinski definition) is 2. The molecule has 4 N–H and O–H groups in total. The minimum absolute atomic E-state index is 0.0211. The summed E-state index contributed by atoms with van der Waals surface area (Å²) in [6, 6.07) is 12.6. The highest BCUT2D eigenvalue weighted by Crippen LogP contribution is 2.31. The van der Waals surface area contributed by atoms with Gasteiger partial charge in [0, 0.05) is 18.7 Å². The molecule has 176 valence electrons. The molecule has 0 saturated heterocycles. The number of nitrogens with zero attached hydrogens (tertiary/aromatic N) is 4. The fourth-order valence-electron chi connectivity index (χ4n) is 3.34. The molecule has 1 aromatic heterocycles. The molecule has 0 aliphatic heterocycles. The summed E-state index contributed by atoms with van der Waals surface area (Å²) in [5, 5.41) is 6.58. The standard InChI is InChI=1S/C24H32N6O3/c1-16-14-17(29-13-12-22(27-29)24(2,3)4)10-11-20(16)33-15-18-19(8-7-9-21(18)32-6)30(26)23(31)28(5)25/h7-14H,15,25-26H2,1-6H3. The lowest BCUT2D eigenvalue weighted by Gasteiger charge is -2.24. The molecule has 0 aliphatic carbocycles. The minimum Gasteiger partial charge on any atom is -0.496 e. The summed E-state index contributed by atoms with van der Waals surface area (Å²) in [7, 11) is 2.98. The second kappa shape index (κ2) is 9.51. The van der Waals surface area contributed by atoms with Crippen LogP contribution in [0, 0.1) is 6.92 Å². The number of anilines is 1. The van der Waals surface area contributed by atoms with Crippen LogP contribution in [0.15, 0.2) is 48.7 Å². The van der Waals surface area contributed by atoms with Crippen molar-refractivity contribution in [3.8, 4) is 17.2 Å². The normalized spacial score (nSPS) is 11.3. The fourth-order valence-corrected chi connectivity index (χ4v) is 3.34. The Kier molecular flexibility index (Phi) is 6.95. The van der Waals surface area contributed by atoms with Crippen molar-refractivity contribution >= 4 is 11.7 Å². The number of aryl methyl sites for hydroxylation is 1. The summed E-state index contributed by atoms with van der Waals surface area (Å²) >= 11 is 0. The molecule has 1 heterocycles. The molecule has 9 nitrogen and oxygen atoms in total. The Hall–Kier alpha value is -3.56. The predicted molar refractivity (Wildman–Crippen MR) is 128 cm³/mol. The zero-order valence-electron chi connectivity index (χ0n) is 20.0. The van der Waals surface area contributed by atoms with Crippen molar-refractivity contribution in [2.45, 2.75) is 39.7 Å². The van der Waals surface area contributed by atoms with Crippen molar-refractivity contribution in [1.29, 1.82) is 0 Å². The maximum absolute atomic E-state index is 12.3. The van der Waals surface area contributed by atoms with Gasteiger partial charge in [-0.2, -0.15) is 5.10 Å². The van der Waals surface area contributed by atoms with E-state index in [2.05, 4.69) is 20.8 Å². The van der Waals surface area contributed by atoms with Crippen LogP contribution in [0.1, 0.15) is 37.6 Å². The van der Waals surface area contributed by atoms with E-state index in [1.54, 1.807) is 25.3 Å². The van der Waals surface area contributed by atoms with Gasteiger partial charge in [-0.3, -0.25) is 5.01 Å². The first-order chi connectivity index (χ1) is 15.5. The van der Waals surface area contributed by atoms with Gasteiger partial charge >= 0.3 is 6.03 Å². The summed E-state index contributed by atoms with van der Waals surface area (Å²) in [5.74, 6) is 12.8. The molecule has 3 aromatic rings. The van der Waals surface area contributed by atoms with Gasteiger partial charge in [0.05, 0.1) is 29.7 Å². The van der Waals surface area contributed by atoms with Crippen LogP contribution in [0.25, 0.3) is 5.69 Å². The highest BCUT2D eigenvalue weighted by molar-refractivity contribution is 5.91. The molecular formula is C24H32N6O3. The lowest BCUT2D eigenvalue weighted by atomic mass is 9.93. The Balaban J connectivity index is 1.84. The molecule has 0 bridgehead atoms. The molecule has 33 heavy (non-hydrogen) atoms. The van der Waals surface area contributed by atoms with Gasteiger partial charge in [0.2, 0.25) is 0 Å². The molecule has 0 fully saturated rings. The van der Waals surface area contributed by atoms with E-state index in [9.17, 15) is 4.79 Å². The summed E-state index contributed by atoms with van der Waals surface area (Å²) < 4.78 is 13.4. The van der Waals surface area contributed by atoms with Crippen molar-refractivity contribution in [1.82, 2.24) is 14.8 Å². The lowest BCUT2D eigenvalue weighted by molar-refractivity contribution is 0.216. The number of benzene rings is 2.